The van der Waals surface area contributed by atoms with Crippen molar-refractivity contribution >= 4 is 41.4 Å². The van der Waals surface area contributed by atoms with E-state index in [4.69, 9.17) is 9.10 Å². The summed E-state index contributed by atoms with van der Waals surface area (Å²) in [5.41, 5.74) is 1.08. The van der Waals surface area contributed by atoms with Gasteiger partial charge in [-0.3, -0.25) is 0 Å². The van der Waals surface area contributed by atoms with Crippen LogP contribution in [0.5, 0.6) is 0 Å². The molecule has 0 N–H and O–H groups in total. The molecule has 3 heterocycles. The predicted octanol–water partition coefficient (Wildman–Crippen LogP) is 2.37. The average Bonchev–Trinajstić information content (AvgIpc) is 2.47. The molecule has 3 aliphatic rings. The standard InChI is InChI=1S/C13H20N4OS.2ClH/c1-3-19-14-11-5-4-10-18-12(11)13(15-19)17-8-6-16(2)7-9-17;;/h3H,1,4-10H2,2H3;2*1H. The van der Waals surface area contributed by atoms with Gasteiger partial charge in [-0.15, -0.1) is 24.8 Å². The molecule has 0 radical (unpaired) electrons. The van der Waals surface area contributed by atoms with Crippen LogP contribution in [0.25, 0.3) is 0 Å². The van der Waals surface area contributed by atoms with Gasteiger partial charge in [-0.05, 0) is 25.3 Å². The van der Waals surface area contributed by atoms with Crippen LogP contribution in [0.15, 0.2) is 32.3 Å². The zero-order valence-electron chi connectivity index (χ0n) is 12.2. The predicted molar refractivity (Wildman–Crippen MR) is 93.2 cm³/mol. The normalized spacial score (nSPS) is 25.5. The second-order valence-corrected chi connectivity index (χ2v) is 6.27. The number of hydrogen-bond donors (Lipinski definition) is 0. The van der Waals surface area contributed by atoms with Gasteiger partial charge in [-0.25, -0.2) is 4.40 Å². The molecule has 3 aliphatic heterocycles. The molecule has 1 atom stereocenters. The summed E-state index contributed by atoms with van der Waals surface area (Å²) in [4.78, 5) is 4.67. The van der Waals surface area contributed by atoms with Crippen molar-refractivity contribution in [2.75, 3.05) is 39.8 Å². The molecule has 0 amide bonds. The molecule has 0 bridgehead atoms. The van der Waals surface area contributed by atoms with Gasteiger partial charge >= 0.3 is 0 Å². The van der Waals surface area contributed by atoms with E-state index in [9.17, 15) is 0 Å². The molecule has 0 saturated carbocycles. The Bertz CT molecular complexity index is 485. The molecule has 120 valence electrons. The molecule has 5 nitrogen and oxygen atoms in total. The van der Waals surface area contributed by atoms with Crippen molar-refractivity contribution < 1.29 is 4.74 Å². The van der Waals surface area contributed by atoms with E-state index in [-0.39, 0.29) is 24.8 Å². The number of ether oxygens (including phenoxy) is 1. The van der Waals surface area contributed by atoms with E-state index in [1.165, 1.54) is 0 Å². The summed E-state index contributed by atoms with van der Waals surface area (Å²) in [6, 6.07) is 0. The summed E-state index contributed by atoms with van der Waals surface area (Å²) >= 11 is 0. The summed E-state index contributed by atoms with van der Waals surface area (Å²) in [6.07, 6.45) is 2.05. The summed E-state index contributed by atoms with van der Waals surface area (Å²) in [5, 5.41) is 1.83. The van der Waals surface area contributed by atoms with Crippen LogP contribution in [-0.2, 0) is 15.6 Å². The van der Waals surface area contributed by atoms with E-state index in [0.717, 1.165) is 62.9 Å². The first-order chi connectivity index (χ1) is 9.28. The smallest absolute Gasteiger partial charge is 0.184 e. The van der Waals surface area contributed by atoms with Gasteiger partial charge in [0.25, 0.3) is 0 Å². The fourth-order valence-corrected chi connectivity index (χ4v) is 3.41. The molecule has 2 saturated heterocycles. The minimum Gasteiger partial charge on any atom is -0.488 e. The molecule has 0 spiro atoms. The van der Waals surface area contributed by atoms with E-state index in [1.54, 1.807) is 0 Å². The van der Waals surface area contributed by atoms with E-state index in [1.807, 2.05) is 5.41 Å². The molecular weight excluding hydrogens is 331 g/mol. The van der Waals surface area contributed by atoms with Crippen molar-refractivity contribution in [3.63, 3.8) is 0 Å². The largest absolute Gasteiger partial charge is 0.488 e. The summed E-state index contributed by atoms with van der Waals surface area (Å²) in [7, 11) is 1.73. The molecular formula is C13H22Cl2N4OS. The Kier molecular flexibility index (Phi) is 7.20. The van der Waals surface area contributed by atoms with Crippen LogP contribution in [0.4, 0.5) is 0 Å². The minimum absolute atomic E-state index is 0. The van der Waals surface area contributed by atoms with Crippen molar-refractivity contribution in [1.29, 1.82) is 0 Å². The number of fused-ring (bicyclic) bond motifs is 1. The first kappa shape index (κ1) is 18.5. The van der Waals surface area contributed by atoms with Gasteiger partial charge in [0.15, 0.2) is 11.6 Å². The topological polar surface area (TPSA) is 40.4 Å². The third-order valence-corrected chi connectivity index (χ3v) is 4.67. The van der Waals surface area contributed by atoms with Crippen LogP contribution >= 0.6 is 24.8 Å². The lowest BCUT2D eigenvalue weighted by Crippen LogP contribution is -2.44. The maximum Gasteiger partial charge on any atom is 0.184 e. The Labute approximate surface area is 141 Å². The molecule has 2 fully saturated rings. The highest BCUT2D eigenvalue weighted by Gasteiger charge is 2.28. The van der Waals surface area contributed by atoms with Crippen LogP contribution in [-0.4, -0.2) is 55.3 Å². The van der Waals surface area contributed by atoms with Gasteiger partial charge in [-0.2, -0.15) is 4.36 Å². The number of allylic oxidation sites excluding steroid dienone is 1. The van der Waals surface area contributed by atoms with Crippen LogP contribution in [0, 0.1) is 0 Å². The van der Waals surface area contributed by atoms with Gasteiger partial charge in [0.1, 0.15) is 0 Å². The second kappa shape index (κ2) is 8.17. The molecule has 0 aromatic rings. The number of rotatable bonds is 2. The molecule has 1 unspecified atom stereocenters. The number of halogens is 2. The molecule has 0 aromatic heterocycles. The third kappa shape index (κ3) is 4.00. The van der Waals surface area contributed by atoms with Crippen LogP contribution in [0.2, 0.25) is 0 Å². The lowest BCUT2D eigenvalue weighted by molar-refractivity contribution is 0.161. The zero-order valence-corrected chi connectivity index (χ0v) is 14.6. The third-order valence-electron chi connectivity index (χ3n) is 3.61. The first-order valence-electron chi connectivity index (χ1n) is 6.74. The van der Waals surface area contributed by atoms with E-state index in [2.05, 4.69) is 27.8 Å². The van der Waals surface area contributed by atoms with Gasteiger partial charge in [0.05, 0.1) is 12.3 Å². The maximum absolute atomic E-state index is 5.84. The number of piperazine rings is 1. The Morgan fingerprint density at radius 3 is 2.62 bits per heavy atom. The van der Waals surface area contributed by atoms with Crippen molar-refractivity contribution in [3.05, 3.63) is 23.6 Å². The SMILES string of the molecule is C=CS1=NC(N2CCN(C)CC2)=C2OCCCC2=N1.Cl.Cl. The number of nitrogens with zero attached hydrogens (tertiary/aromatic N) is 4. The highest BCUT2D eigenvalue weighted by atomic mass is 35.5. The minimum atomic E-state index is -0.427. The summed E-state index contributed by atoms with van der Waals surface area (Å²) in [6.45, 7) is 8.76. The highest BCUT2D eigenvalue weighted by molar-refractivity contribution is 7.89. The molecule has 21 heavy (non-hydrogen) atoms. The quantitative estimate of drug-likeness (QED) is 0.765. The molecule has 0 aliphatic carbocycles. The maximum atomic E-state index is 5.84. The first-order valence-corrected chi connectivity index (χ1v) is 7.94. The van der Waals surface area contributed by atoms with Gasteiger partial charge in [-0.1, -0.05) is 6.58 Å². The van der Waals surface area contributed by atoms with Crippen LogP contribution < -0.4 is 0 Å². The van der Waals surface area contributed by atoms with E-state index in [0.29, 0.717) is 0 Å². The van der Waals surface area contributed by atoms with Gasteiger partial charge in [0, 0.05) is 37.1 Å². The fraction of sp³-hybridized carbons (Fsp3) is 0.615. The van der Waals surface area contributed by atoms with Crippen molar-refractivity contribution in [2.45, 2.75) is 12.8 Å². The molecule has 8 heteroatoms. The van der Waals surface area contributed by atoms with E-state index < -0.39 is 10.9 Å². The van der Waals surface area contributed by atoms with Gasteiger partial charge < -0.3 is 14.5 Å². The highest BCUT2D eigenvalue weighted by Crippen LogP contribution is 2.27. The average molecular weight is 353 g/mol. The number of hydrogen-bond acceptors (Lipinski definition) is 5. The Morgan fingerprint density at radius 1 is 1.24 bits per heavy atom. The van der Waals surface area contributed by atoms with Crippen LogP contribution in [0.1, 0.15) is 12.8 Å². The Hall–Kier alpha value is -0.560. The van der Waals surface area contributed by atoms with Crippen molar-refractivity contribution in [1.82, 2.24) is 9.80 Å². The van der Waals surface area contributed by atoms with Crippen molar-refractivity contribution in [3.8, 4) is 0 Å². The van der Waals surface area contributed by atoms with Gasteiger partial charge in [0.2, 0.25) is 0 Å². The fourth-order valence-electron chi connectivity index (χ4n) is 2.45. The monoisotopic (exact) mass is 352 g/mol. The summed E-state index contributed by atoms with van der Waals surface area (Å²) < 4.78 is 15.2. The lowest BCUT2D eigenvalue weighted by Gasteiger charge is -2.36. The number of likely N-dealkylation sites (N-methyl/N-ethyl adjacent to an activating group) is 1. The van der Waals surface area contributed by atoms with Crippen LogP contribution in [0.3, 0.4) is 0 Å². The zero-order chi connectivity index (χ0) is 13.2. The lowest BCUT2D eigenvalue weighted by atomic mass is 10.1. The Morgan fingerprint density at radius 2 is 1.95 bits per heavy atom. The molecule has 3 rings (SSSR count). The van der Waals surface area contributed by atoms with E-state index >= 15 is 0 Å². The van der Waals surface area contributed by atoms with Crippen molar-refractivity contribution in [2.24, 2.45) is 8.76 Å². The second-order valence-electron chi connectivity index (χ2n) is 4.98. The Balaban J connectivity index is 0.00000110. The molecule has 0 aromatic carbocycles. The summed E-state index contributed by atoms with van der Waals surface area (Å²) in [5.74, 6) is 1.92.